The fraction of sp³-hybridized carbons (Fsp3) is 0.235. The Balaban J connectivity index is 1.48. The molecule has 0 saturated carbocycles. The van der Waals surface area contributed by atoms with Gasteiger partial charge in [0.2, 0.25) is 5.91 Å². The van der Waals surface area contributed by atoms with E-state index in [9.17, 15) is 9.59 Å². The fourth-order valence-electron chi connectivity index (χ4n) is 2.31. The Bertz CT molecular complexity index is 716. The molecule has 118 valence electrons. The van der Waals surface area contributed by atoms with E-state index in [1.165, 1.54) is 6.20 Å². The molecular weight excluding hydrogens is 296 g/mol. The lowest BCUT2D eigenvalue weighted by atomic mass is 10.0. The van der Waals surface area contributed by atoms with Crippen molar-refractivity contribution in [2.75, 3.05) is 18.5 Å². The smallest absolute Gasteiger partial charge is 0.339 e. The molecule has 1 aliphatic heterocycles. The van der Waals surface area contributed by atoms with E-state index < -0.39 is 5.97 Å². The third-order valence-corrected chi connectivity index (χ3v) is 3.45. The van der Waals surface area contributed by atoms with E-state index in [2.05, 4.69) is 10.3 Å². The summed E-state index contributed by atoms with van der Waals surface area (Å²) in [6.07, 6.45) is 4.24. The van der Waals surface area contributed by atoms with E-state index in [4.69, 9.17) is 9.47 Å². The second-order valence-electron chi connectivity index (χ2n) is 5.09. The van der Waals surface area contributed by atoms with Gasteiger partial charge in [-0.05, 0) is 42.3 Å². The molecule has 2 heterocycles. The molecule has 1 N–H and O–H groups in total. The normalized spacial score (nSPS) is 13.0. The molecule has 1 amide bonds. The zero-order valence-corrected chi connectivity index (χ0v) is 12.5. The van der Waals surface area contributed by atoms with Crippen molar-refractivity contribution in [3.05, 3.63) is 53.9 Å². The van der Waals surface area contributed by atoms with E-state index in [0.717, 1.165) is 11.3 Å². The number of hydrogen-bond acceptors (Lipinski definition) is 5. The molecule has 1 aromatic carbocycles. The summed E-state index contributed by atoms with van der Waals surface area (Å²) in [5.41, 5.74) is 2.29. The number of esters is 1. The van der Waals surface area contributed by atoms with Gasteiger partial charge in [0.1, 0.15) is 19.0 Å². The van der Waals surface area contributed by atoms with Gasteiger partial charge in [0.05, 0.1) is 5.56 Å². The number of anilines is 1. The molecule has 0 unspecified atom stereocenters. The lowest BCUT2D eigenvalue weighted by Crippen LogP contribution is -2.19. The number of nitrogens with one attached hydrogen (secondary N) is 1. The number of nitrogens with zero attached hydrogens (tertiary/aromatic N) is 1. The van der Waals surface area contributed by atoms with E-state index in [1.54, 1.807) is 24.4 Å². The van der Waals surface area contributed by atoms with Crippen LogP contribution in [0.1, 0.15) is 22.3 Å². The third-order valence-electron chi connectivity index (χ3n) is 3.45. The van der Waals surface area contributed by atoms with Gasteiger partial charge in [-0.1, -0.05) is 0 Å². The van der Waals surface area contributed by atoms with Gasteiger partial charge in [-0.15, -0.1) is 0 Å². The Morgan fingerprint density at radius 3 is 2.96 bits per heavy atom. The molecule has 2 aromatic rings. The Morgan fingerprint density at radius 1 is 1.22 bits per heavy atom. The molecule has 23 heavy (non-hydrogen) atoms. The van der Waals surface area contributed by atoms with Crippen molar-refractivity contribution in [2.45, 2.75) is 12.8 Å². The first-order valence-electron chi connectivity index (χ1n) is 7.35. The highest BCUT2D eigenvalue weighted by Crippen LogP contribution is 2.26. The number of pyridine rings is 1. The minimum absolute atomic E-state index is 0.0356. The maximum absolute atomic E-state index is 11.7. The van der Waals surface area contributed by atoms with Crippen molar-refractivity contribution >= 4 is 17.6 Å². The summed E-state index contributed by atoms with van der Waals surface area (Å²) in [5, 5.41) is 2.82. The van der Waals surface area contributed by atoms with Crippen molar-refractivity contribution < 1.29 is 19.1 Å². The van der Waals surface area contributed by atoms with Gasteiger partial charge in [0.15, 0.2) is 0 Å². The molecule has 0 spiro atoms. The lowest BCUT2D eigenvalue weighted by Gasteiger charge is -2.17. The van der Waals surface area contributed by atoms with Crippen molar-refractivity contribution in [3.8, 4) is 5.75 Å². The van der Waals surface area contributed by atoms with Crippen LogP contribution in [0, 0.1) is 0 Å². The number of carbonyl (C=O) groups excluding carboxylic acids is 2. The number of hydrogen-bond donors (Lipinski definition) is 1. The average Bonchev–Trinajstić information content (AvgIpc) is 2.59. The number of amides is 1. The second-order valence-corrected chi connectivity index (χ2v) is 5.09. The van der Waals surface area contributed by atoms with Crippen molar-refractivity contribution in [3.63, 3.8) is 0 Å². The molecule has 6 nitrogen and oxygen atoms in total. The predicted octanol–water partition coefficient (Wildman–Crippen LogP) is 2.20. The van der Waals surface area contributed by atoms with Gasteiger partial charge >= 0.3 is 5.97 Å². The highest BCUT2D eigenvalue weighted by Gasteiger charge is 2.15. The van der Waals surface area contributed by atoms with Gasteiger partial charge in [0.25, 0.3) is 0 Å². The number of ether oxygens (including phenoxy) is 2. The average molecular weight is 312 g/mol. The van der Waals surface area contributed by atoms with Crippen molar-refractivity contribution in [2.24, 2.45) is 0 Å². The second kappa shape index (κ2) is 6.91. The fourth-order valence-corrected chi connectivity index (χ4v) is 2.31. The largest absolute Gasteiger partial charge is 0.490 e. The van der Waals surface area contributed by atoms with Gasteiger partial charge in [-0.25, -0.2) is 4.79 Å². The molecule has 0 aliphatic carbocycles. The number of rotatable bonds is 5. The number of carbonyl (C=O) groups is 2. The van der Waals surface area contributed by atoms with E-state index in [-0.39, 0.29) is 19.1 Å². The maximum Gasteiger partial charge on any atom is 0.339 e. The molecule has 1 aliphatic rings. The van der Waals surface area contributed by atoms with Gasteiger partial charge in [0, 0.05) is 24.5 Å². The molecule has 0 bridgehead atoms. The number of aromatic nitrogens is 1. The third kappa shape index (κ3) is 3.85. The summed E-state index contributed by atoms with van der Waals surface area (Å²) in [4.78, 5) is 26.9. The van der Waals surface area contributed by atoms with Crippen LogP contribution in [0.15, 0.2) is 42.7 Å². The van der Waals surface area contributed by atoms with Crippen LogP contribution < -0.4 is 10.1 Å². The highest BCUT2D eigenvalue weighted by molar-refractivity contribution is 5.94. The van der Waals surface area contributed by atoms with E-state index >= 15 is 0 Å². The lowest BCUT2D eigenvalue weighted by molar-refractivity contribution is -0.116. The molecule has 0 radical (unpaired) electrons. The number of aryl methyl sites for hydroxylation is 1. The summed E-state index contributed by atoms with van der Waals surface area (Å²) < 4.78 is 10.7. The zero-order valence-electron chi connectivity index (χ0n) is 12.5. The monoisotopic (exact) mass is 312 g/mol. The minimum atomic E-state index is -0.421. The zero-order chi connectivity index (χ0) is 16.1. The number of benzene rings is 1. The van der Waals surface area contributed by atoms with Crippen molar-refractivity contribution in [1.29, 1.82) is 0 Å². The summed E-state index contributed by atoms with van der Waals surface area (Å²) in [6, 6.07) is 8.83. The highest BCUT2D eigenvalue weighted by atomic mass is 16.6. The number of fused-ring (bicyclic) bond motifs is 1. The molecule has 1 aromatic heterocycles. The van der Waals surface area contributed by atoms with Crippen LogP contribution in [-0.4, -0.2) is 30.1 Å². The summed E-state index contributed by atoms with van der Waals surface area (Å²) in [6.45, 7) is 0.415. The van der Waals surface area contributed by atoms with Crippen LogP contribution in [0.3, 0.4) is 0 Å². The molecule has 6 heteroatoms. The Morgan fingerprint density at radius 2 is 2.13 bits per heavy atom. The first-order valence-corrected chi connectivity index (χ1v) is 7.35. The molecule has 3 rings (SSSR count). The Hall–Kier alpha value is -2.89. The van der Waals surface area contributed by atoms with Gasteiger partial charge in [-0.2, -0.15) is 0 Å². The van der Waals surface area contributed by atoms with Crippen LogP contribution in [-0.2, 0) is 16.0 Å². The molecule has 0 fully saturated rings. The topological polar surface area (TPSA) is 77.5 Å². The Labute approximate surface area is 133 Å². The molecule has 0 atom stereocenters. The van der Waals surface area contributed by atoms with Crippen LogP contribution in [0.25, 0.3) is 0 Å². The van der Waals surface area contributed by atoms with Crippen LogP contribution >= 0.6 is 0 Å². The molecule has 0 saturated heterocycles. The van der Waals surface area contributed by atoms with Crippen molar-refractivity contribution in [1.82, 2.24) is 4.98 Å². The minimum Gasteiger partial charge on any atom is -0.490 e. The Kier molecular flexibility index (Phi) is 4.52. The summed E-state index contributed by atoms with van der Waals surface area (Å²) >= 11 is 0. The predicted molar refractivity (Wildman–Crippen MR) is 83.4 cm³/mol. The van der Waals surface area contributed by atoms with E-state index in [0.29, 0.717) is 24.2 Å². The standard InChI is InChI=1S/C17H16N2O4/c20-16-6-3-12-10-14(4-5-15(12)19-16)22-8-9-23-17(21)13-2-1-7-18-11-13/h1-2,4-5,7,10-11H,3,6,8-9H2,(H,19,20). The van der Waals surface area contributed by atoms with Gasteiger partial charge < -0.3 is 14.8 Å². The first-order chi connectivity index (χ1) is 11.2. The quantitative estimate of drug-likeness (QED) is 0.676. The first kappa shape index (κ1) is 15.0. The van der Waals surface area contributed by atoms with Crippen LogP contribution in [0.5, 0.6) is 5.75 Å². The van der Waals surface area contributed by atoms with E-state index in [1.807, 2.05) is 12.1 Å². The SMILES string of the molecule is O=C1CCc2cc(OCCOC(=O)c3cccnc3)ccc2N1. The van der Waals surface area contributed by atoms with Crippen LogP contribution in [0.4, 0.5) is 5.69 Å². The summed E-state index contributed by atoms with van der Waals surface area (Å²) in [7, 11) is 0. The van der Waals surface area contributed by atoms with Gasteiger partial charge in [-0.3, -0.25) is 9.78 Å². The maximum atomic E-state index is 11.7. The molecular formula is C17H16N2O4. The summed E-state index contributed by atoms with van der Waals surface area (Å²) in [5.74, 6) is 0.306. The van der Waals surface area contributed by atoms with Crippen LogP contribution in [0.2, 0.25) is 0 Å².